The monoisotopic (exact) mass is 434 g/mol. The summed E-state index contributed by atoms with van der Waals surface area (Å²) in [5.74, 6) is 0.742. The van der Waals surface area contributed by atoms with E-state index in [-0.39, 0.29) is 24.2 Å². The van der Waals surface area contributed by atoms with Crippen LogP contribution in [-0.2, 0) is 17.8 Å². The lowest BCUT2D eigenvalue weighted by Crippen LogP contribution is -2.31. The van der Waals surface area contributed by atoms with E-state index in [1.807, 2.05) is 24.3 Å². The van der Waals surface area contributed by atoms with Gasteiger partial charge in [-0.25, -0.2) is 14.2 Å². The molecule has 0 aliphatic carbocycles. The molecule has 8 heteroatoms. The summed E-state index contributed by atoms with van der Waals surface area (Å²) in [6.07, 6.45) is 1.75. The zero-order valence-corrected chi connectivity index (χ0v) is 17.6. The van der Waals surface area contributed by atoms with Crippen molar-refractivity contribution >= 4 is 23.4 Å². The van der Waals surface area contributed by atoms with Gasteiger partial charge in [0.15, 0.2) is 0 Å². The van der Waals surface area contributed by atoms with Gasteiger partial charge in [0.25, 0.3) is 0 Å². The molecule has 32 heavy (non-hydrogen) atoms. The van der Waals surface area contributed by atoms with Gasteiger partial charge in [-0.3, -0.25) is 9.69 Å². The fourth-order valence-electron chi connectivity index (χ4n) is 3.54. The number of anilines is 2. The minimum absolute atomic E-state index is 0.156. The van der Waals surface area contributed by atoms with Crippen molar-refractivity contribution in [3.05, 3.63) is 83.8 Å². The number of carbonyl (C=O) groups is 2. The van der Waals surface area contributed by atoms with E-state index in [1.54, 1.807) is 41.2 Å². The van der Waals surface area contributed by atoms with E-state index in [2.05, 4.69) is 10.3 Å². The van der Waals surface area contributed by atoms with Crippen LogP contribution in [0.4, 0.5) is 20.7 Å². The van der Waals surface area contributed by atoms with E-state index < -0.39 is 0 Å². The minimum Gasteiger partial charge on any atom is -0.497 e. The van der Waals surface area contributed by atoms with Crippen molar-refractivity contribution < 1.29 is 18.7 Å². The summed E-state index contributed by atoms with van der Waals surface area (Å²) in [5, 5.41) is 2.82. The van der Waals surface area contributed by atoms with Crippen LogP contribution in [0.15, 0.2) is 66.9 Å². The van der Waals surface area contributed by atoms with E-state index >= 15 is 0 Å². The molecule has 1 saturated heterocycles. The molecule has 2 aromatic carbocycles. The fourth-order valence-corrected chi connectivity index (χ4v) is 3.54. The summed E-state index contributed by atoms with van der Waals surface area (Å²) in [7, 11) is 1.58. The lowest BCUT2D eigenvalue weighted by atomic mass is 10.1. The summed E-state index contributed by atoms with van der Waals surface area (Å²) < 4.78 is 18.3. The van der Waals surface area contributed by atoms with Crippen LogP contribution in [-0.4, -0.2) is 42.0 Å². The normalized spacial score (nSPS) is 13.4. The molecule has 164 valence electrons. The Balaban J connectivity index is 1.34. The van der Waals surface area contributed by atoms with Gasteiger partial charge in [-0.2, -0.15) is 0 Å². The molecular weight excluding hydrogens is 411 g/mol. The number of pyridine rings is 1. The Morgan fingerprint density at radius 2 is 1.91 bits per heavy atom. The average molecular weight is 434 g/mol. The molecule has 1 aliphatic rings. The maximum Gasteiger partial charge on any atom is 0.326 e. The fraction of sp³-hybridized carbons (Fsp3) is 0.208. The van der Waals surface area contributed by atoms with Crippen molar-refractivity contribution in [2.75, 3.05) is 30.4 Å². The first kappa shape index (κ1) is 21.3. The van der Waals surface area contributed by atoms with Crippen LogP contribution in [0.5, 0.6) is 5.75 Å². The highest BCUT2D eigenvalue weighted by Crippen LogP contribution is 2.21. The highest BCUT2D eigenvalue weighted by Gasteiger charge is 2.30. The van der Waals surface area contributed by atoms with Gasteiger partial charge in [0.2, 0.25) is 5.91 Å². The topological polar surface area (TPSA) is 74.8 Å². The number of nitrogens with zero attached hydrogens (tertiary/aromatic N) is 3. The molecule has 1 fully saturated rings. The maximum absolute atomic E-state index is 13.1. The smallest absolute Gasteiger partial charge is 0.326 e. The largest absolute Gasteiger partial charge is 0.497 e. The van der Waals surface area contributed by atoms with Crippen molar-refractivity contribution in [2.24, 2.45) is 0 Å². The SMILES string of the molecule is COc1cccc(CC(=O)Nc2ccc(N3CCN(Cc4ccc(F)cc4)C3=O)nc2)c1. The lowest BCUT2D eigenvalue weighted by Gasteiger charge is -2.18. The van der Waals surface area contributed by atoms with Gasteiger partial charge >= 0.3 is 6.03 Å². The van der Waals surface area contributed by atoms with Crippen molar-refractivity contribution in [3.63, 3.8) is 0 Å². The summed E-state index contributed by atoms with van der Waals surface area (Å²) in [4.78, 5) is 32.7. The number of halogens is 1. The predicted molar refractivity (Wildman–Crippen MR) is 119 cm³/mol. The third-order valence-corrected chi connectivity index (χ3v) is 5.19. The first-order chi connectivity index (χ1) is 15.5. The Labute approximate surface area is 185 Å². The van der Waals surface area contributed by atoms with Crippen LogP contribution in [0.3, 0.4) is 0 Å². The number of hydrogen-bond donors (Lipinski definition) is 1. The zero-order chi connectivity index (χ0) is 22.5. The molecule has 0 atom stereocenters. The number of carbonyl (C=O) groups excluding carboxylic acids is 2. The lowest BCUT2D eigenvalue weighted by molar-refractivity contribution is -0.115. The third kappa shape index (κ3) is 5.03. The van der Waals surface area contributed by atoms with Gasteiger partial charge in [0, 0.05) is 19.6 Å². The number of rotatable bonds is 7. The molecule has 3 amide bonds. The third-order valence-electron chi connectivity index (χ3n) is 5.19. The Bertz CT molecular complexity index is 1100. The molecule has 1 aromatic heterocycles. The maximum atomic E-state index is 13.1. The second kappa shape index (κ2) is 9.47. The molecule has 7 nitrogen and oxygen atoms in total. The van der Waals surface area contributed by atoms with Crippen LogP contribution in [0.2, 0.25) is 0 Å². The summed E-state index contributed by atoms with van der Waals surface area (Å²) in [5.41, 5.74) is 2.26. The summed E-state index contributed by atoms with van der Waals surface area (Å²) in [6, 6.07) is 16.7. The van der Waals surface area contributed by atoms with Crippen molar-refractivity contribution in [3.8, 4) is 5.75 Å². The second-order valence-electron chi connectivity index (χ2n) is 7.46. The standard InChI is InChI=1S/C24H23FN4O3/c1-32-21-4-2-3-18(13-21)14-23(30)27-20-9-10-22(26-15-20)29-12-11-28(24(29)31)16-17-5-7-19(25)8-6-17/h2-10,13,15H,11-12,14,16H2,1H3,(H,27,30). The Hall–Kier alpha value is -3.94. The van der Waals surface area contributed by atoms with Gasteiger partial charge in [-0.05, 0) is 47.5 Å². The van der Waals surface area contributed by atoms with Crippen LogP contribution < -0.4 is 15.0 Å². The Morgan fingerprint density at radius 1 is 1.09 bits per heavy atom. The molecule has 1 aliphatic heterocycles. The quantitative estimate of drug-likeness (QED) is 0.613. The van der Waals surface area contributed by atoms with Gasteiger partial charge in [0.05, 0.1) is 25.4 Å². The van der Waals surface area contributed by atoms with Crippen molar-refractivity contribution in [1.82, 2.24) is 9.88 Å². The van der Waals surface area contributed by atoms with Crippen LogP contribution in [0.1, 0.15) is 11.1 Å². The van der Waals surface area contributed by atoms with Crippen LogP contribution in [0, 0.1) is 5.82 Å². The number of amides is 3. The van der Waals surface area contributed by atoms with E-state index in [9.17, 15) is 14.0 Å². The molecule has 3 aromatic rings. The Kier molecular flexibility index (Phi) is 6.30. The first-order valence-corrected chi connectivity index (χ1v) is 10.2. The van der Waals surface area contributed by atoms with E-state index in [0.717, 1.165) is 11.1 Å². The molecule has 0 saturated carbocycles. The number of hydrogen-bond acceptors (Lipinski definition) is 4. The number of aromatic nitrogens is 1. The summed E-state index contributed by atoms with van der Waals surface area (Å²) >= 11 is 0. The molecular formula is C24H23FN4O3. The van der Waals surface area contributed by atoms with Gasteiger partial charge in [-0.15, -0.1) is 0 Å². The van der Waals surface area contributed by atoms with Crippen molar-refractivity contribution in [2.45, 2.75) is 13.0 Å². The van der Waals surface area contributed by atoms with Gasteiger partial charge < -0.3 is 15.0 Å². The highest BCUT2D eigenvalue weighted by atomic mass is 19.1. The van der Waals surface area contributed by atoms with Crippen LogP contribution in [0.25, 0.3) is 0 Å². The van der Waals surface area contributed by atoms with Crippen molar-refractivity contribution in [1.29, 1.82) is 0 Å². The predicted octanol–water partition coefficient (Wildman–Crippen LogP) is 3.85. The molecule has 0 spiro atoms. The van der Waals surface area contributed by atoms with E-state index in [4.69, 9.17) is 4.74 Å². The molecule has 0 bridgehead atoms. The number of methoxy groups -OCH3 is 1. The molecule has 1 N–H and O–H groups in total. The van der Waals surface area contributed by atoms with E-state index in [1.165, 1.54) is 18.3 Å². The van der Waals surface area contributed by atoms with E-state index in [0.29, 0.717) is 36.9 Å². The molecule has 4 rings (SSSR count). The molecule has 0 radical (unpaired) electrons. The van der Waals surface area contributed by atoms with Gasteiger partial charge in [-0.1, -0.05) is 24.3 Å². The number of nitrogens with one attached hydrogen (secondary N) is 1. The Morgan fingerprint density at radius 3 is 2.62 bits per heavy atom. The second-order valence-corrected chi connectivity index (χ2v) is 7.46. The first-order valence-electron chi connectivity index (χ1n) is 10.2. The number of urea groups is 1. The molecule has 0 unspecified atom stereocenters. The average Bonchev–Trinajstić information content (AvgIpc) is 3.16. The number of benzene rings is 2. The summed E-state index contributed by atoms with van der Waals surface area (Å²) in [6.45, 7) is 1.47. The number of ether oxygens (including phenoxy) is 1. The minimum atomic E-state index is -0.303. The highest BCUT2D eigenvalue weighted by molar-refractivity contribution is 5.94. The zero-order valence-electron chi connectivity index (χ0n) is 17.6. The van der Waals surface area contributed by atoms with Crippen LogP contribution >= 0.6 is 0 Å². The molecule has 2 heterocycles. The van der Waals surface area contributed by atoms with Gasteiger partial charge in [0.1, 0.15) is 17.4 Å².